The van der Waals surface area contributed by atoms with Gasteiger partial charge in [-0.15, -0.1) is 0 Å². The summed E-state index contributed by atoms with van der Waals surface area (Å²) in [5, 5.41) is 1.08. The van der Waals surface area contributed by atoms with Crippen LogP contribution in [0.1, 0.15) is 19.2 Å². The Labute approximate surface area is 107 Å². The molecule has 96 valence electrons. The summed E-state index contributed by atoms with van der Waals surface area (Å²) in [5.41, 5.74) is 5.57. The normalized spacial score (nSPS) is 17.6. The summed E-state index contributed by atoms with van der Waals surface area (Å²) in [6.07, 6.45) is 2.10. The third-order valence-electron chi connectivity index (χ3n) is 3.02. The number of rotatable bonds is 5. The Balaban J connectivity index is 1.86. The van der Waals surface area contributed by atoms with Crippen molar-refractivity contribution in [3.8, 4) is 0 Å². The number of anilines is 1. The van der Waals surface area contributed by atoms with Crippen molar-refractivity contribution in [2.75, 3.05) is 44.2 Å². The minimum absolute atomic E-state index is 0.749. The van der Waals surface area contributed by atoms with Crippen LogP contribution >= 0.6 is 11.5 Å². The molecule has 0 unspecified atom stereocenters. The van der Waals surface area contributed by atoms with Crippen LogP contribution in [0.3, 0.4) is 0 Å². The van der Waals surface area contributed by atoms with Crippen LogP contribution < -0.4 is 10.6 Å². The monoisotopic (exact) mass is 255 g/mol. The first-order chi connectivity index (χ1) is 8.33. The first kappa shape index (κ1) is 12.7. The Morgan fingerprint density at radius 3 is 2.71 bits per heavy atom. The van der Waals surface area contributed by atoms with E-state index in [9.17, 15) is 0 Å². The second kappa shape index (κ2) is 6.28. The van der Waals surface area contributed by atoms with Crippen LogP contribution in [0.15, 0.2) is 0 Å². The predicted molar refractivity (Wildman–Crippen MR) is 71.6 cm³/mol. The van der Waals surface area contributed by atoms with Crippen LogP contribution in [0, 0.1) is 0 Å². The van der Waals surface area contributed by atoms with Gasteiger partial charge in [-0.25, -0.2) is 4.98 Å². The van der Waals surface area contributed by atoms with Crippen molar-refractivity contribution in [2.45, 2.75) is 19.8 Å². The molecule has 0 bridgehead atoms. The summed E-state index contributed by atoms with van der Waals surface area (Å²) in [4.78, 5) is 9.33. The zero-order valence-corrected chi connectivity index (χ0v) is 11.2. The van der Waals surface area contributed by atoms with E-state index in [2.05, 4.69) is 26.1 Å². The Hall–Kier alpha value is -0.720. The van der Waals surface area contributed by atoms with Gasteiger partial charge in [-0.1, -0.05) is 6.92 Å². The van der Waals surface area contributed by atoms with Crippen LogP contribution in [0.4, 0.5) is 5.13 Å². The number of nitrogens with two attached hydrogens (primary N) is 1. The molecule has 5 nitrogen and oxygen atoms in total. The van der Waals surface area contributed by atoms with Crippen molar-refractivity contribution in [2.24, 2.45) is 5.73 Å². The van der Waals surface area contributed by atoms with E-state index >= 15 is 0 Å². The number of piperazine rings is 1. The molecule has 17 heavy (non-hydrogen) atoms. The van der Waals surface area contributed by atoms with Crippen molar-refractivity contribution in [1.82, 2.24) is 14.3 Å². The molecule has 0 radical (unpaired) electrons. The highest BCUT2D eigenvalue weighted by atomic mass is 32.1. The van der Waals surface area contributed by atoms with Gasteiger partial charge in [0, 0.05) is 57.2 Å². The van der Waals surface area contributed by atoms with Crippen molar-refractivity contribution < 1.29 is 0 Å². The zero-order valence-electron chi connectivity index (χ0n) is 10.4. The first-order valence-corrected chi connectivity index (χ1v) is 7.10. The maximum Gasteiger partial charge on any atom is 0.205 e. The summed E-state index contributed by atoms with van der Waals surface area (Å²) < 4.78 is 4.39. The molecule has 1 aliphatic rings. The molecular weight excluding hydrogens is 234 g/mol. The number of aryl methyl sites for hydroxylation is 1. The van der Waals surface area contributed by atoms with E-state index in [0.717, 1.165) is 63.1 Å². The van der Waals surface area contributed by atoms with Crippen LogP contribution in [0.25, 0.3) is 0 Å². The molecule has 6 heteroatoms. The SMILES string of the molecule is CCCc1nsc(N2CCN(CCN)CC2)n1. The topological polar surface area (TPSA) is 58.3 Å². The average molecular weight is 255 g/mol. The molecule has 0 amide bonds. The van der Waals surface area contributed by atoms with Gasteiger partial charge in [0.1, 0.15) is 5.82 Å². The minimum Gasteiger partial charge on any atom is -0.344 e. The van der Waals surface area contributed by atoms with Crippen LogP contribution in [0.2, 0.25) is 0 Å². The number of hydrogen-bond donors (Lipinski definition) is 1. The van der Waals surface area contributed by atoms with Crippen molar-refractivity contribution in [3.63, 3.8) is 0 Å². The molecule has 2 N–H and O–H groups in total. The lowest BCUT2D eigenvalue weighted by Gasteiger charge is -2.33. The Bertz CT molecular complexity index is 332. The van der Waals surface area contributed by atoms with E-state index in [1.54, 1.807) is 0 Å². The molecule has 0 saturated carbocycles. The fourth-order valence-corrected chi connectivity index (χ4v) is 2.81. The number of hydrogen-bond acceptors (Lipinski definition) is 6. The molecule has 2 rings (SSSR count). The van der Waals surface area contributed by atoms with Crippen molar-refractivity contribution >= 4 is 16.7 Å². The highest BCUT2D eigenvalue weighted by Crippen LogP contribution is 2.19. The van der Waals surface area contributed by atoms with E-state index in [-0.39, 0.29) is 0 Å². The zero-order chi connectivity index (χ0) is 12.1. The summed E-state index contributed by atoms with van der Waals surface area (Å²) in [6.45, 7) is 8.16. The molecule has 1 aromatic rings. The summed E-state index contributed by atoms with van der Waals surface area (Å²) in [5.74, 6) is 0.997. The third-order valence-corrected chi connectivity index (χ3v) is 3.83. The fraction of sp³-hybridized carbons (Fsp3) is 0.818. The van der Waals surface area contributed by atoms with Gasteiger partial charge in [0.05, 0.1) is 0 Å². The standard InChI is InChI=1S/C11H21N5S/c1-2-3-10-13-11(17-14-10)16-8-6-15(5-4-12)7-9-16/h2-9,12H2,1H3. The highest BCUT2D eigenvalue weighted by molar-refractivity contribution is 7.09. The first-order valence-electron chi connectivity index (χ1n) is 6.33. The van der Waals surface area contributed by atoms with Gasteiger partial charge in [-0.3, -0.25) is 4.90 Å². The lowest BCUT2D eigenvalue weighted by Crippen LogP contribution is -2.47. The molecule has 0 aliphatic carbocycles. The third kappa shape index (κ3) is 3.37. The van der Waals surface area contributed by atoms with E-state index in [4.69, 9.17) is 5.73 Å². The number of aromatic nitrogens is 2. The molecule has 0 aromatic carbocycles. The van der Waals surface area contributed by atoms with E-state index in [0.29, 0.717) is 0 Å². The van der Waals surface area contributed by atoms with Gasteiger partial charge in [-0.05, 0) is 6.42 Å². The van der Waals surface area contributed by atoms with Gasteiger partial charge in [0.15, 0.2) is 0 Å². The van der Waals surface area contributed by atoms with E-state index in [1.807, 2.05) is 0 Å². The van der Waals surface area contributed by atoms with Gasteiger partial charge in [0.2, 0.25) is 5.13 Å². The van der Waals surface area contributed by atoms with Gasteiger partial charge in [0.25, 0.3) is 0 Å². The molecule has 1 aliphatic heterocycles. The van der Waals surface area contributed by atoms with Crippen LogP contribution in [0.5, 0.6) is 0 Å². The van der Waals surface area contributed by atoms with Crippen LogP contribution in [-0.2, 0) is 6.42 Å². The second-order valence-electron chi connectivity index (χ2n) is 4.36. The lowest BCUT2D eigenvalue weighted by atomic mass is 10.3. The van der Waals surface area contributed by atoms with Gasteiger partial charge >= 0.3 is 0 Å². The van der Waals surface area contributed by atoms with E-state index in [1.165, 1.54) is 11.5 Å². The van der Waals surface area contributed by atoms with Gasteiger partial charge < -0.3 is 10.6 Å². The summed E-state index contributed by atoms with van der Waals surface area (Å²) in [6, 6.07) is 0. The van der Waals surface area contributed by atoms with Crippen molar-refractivity contribution in [1.29, 1.82) is 0 Å². The Morgan fingerprint density at radius 1 is 1.29 bits per heavy atom. The smallest absolute Gasteiger partial charge is 0.205 e. The molecular formula is C11H21N5S. The maximum absolute atomic E-state index is 5.57. The van der Waals surface area contributed by atoms with E-state index < -0.39 is 0 Å². The minimum atomic E-state index is 0.749. The lowest BCUT2D eigenvalue weighted by molar-refractivity contribution is 0.265. The van der Waals surface area contributed by atoms with Crippen molar-refractivity contribution in [3.05, 3.63) is 5.82 Å². The molecule has 1 fully saturated rings. The number of nitrogens with zero attached hydrogens (tertiary/aromatic N) is 4. The largest absolute Gasteiger partial charge is 0.344 e. The molecule has 0 atom stereocenters. The van der Waals surface area contributed by atoms with Crippen LogP contribution in [-0.4, -0.2) is 53.5 Å². The maximum atomic E-state index is 5.57. The molecule has 1 saturated heterocycles. The summed E-state index contributed by atoms with van der Waals surface area (Å²) in [7, 11) is 0. The highest BCUT2D eigenvalue weighted by Gasteiger charge is 2.19. The predicted octanol–water partition coefficient (Wildman–Crippen LogP) is 0.571. The quantitative estimate of drug-likeness (QED) is 0.833. The molecule has 1 aromatic heterocycles. The van der Waals surface area contributed by atoms with Gasteiger partial charge in [-0.2, -0.15) is 4.37 Å². The average Bonchev–Trinajstić information content (AvgIpc) is 2.80. The Morgan fingerprint density at radius 2 is 2.06 bits per heavy atom. The molecule has 2 heterocycles. The second-order valence-corrected chi connectivity index (χ2v) is 5.09. The molecule has 0 spiro atoms. The Kier molecular flexibility index (Phi) is 4.70. The summed E-state index contributed by atoms with van der Waals surface area (Å²) >= 11 is 1.53. The fourth-order valence-electron chi connectivity index (χ4n) is 2.04.